The Morgan fingerprint density at radius 1 is 0.792 bits per heavy atom. The second-order valence-electron chi connectivity index (χ2n) is 15.3. The van der Waals surface area contributed by atoms with E-state index in [0.29, 0.717) is 23.5 Å². The SMILES string of the molecule is COc1c(/C=C/C2=CC(=C(C#N)C#N)C=C(CCc3ccc(N(c4ccccc4)c4ccccc4)cc3)O2)cc2c3c1C(C)(C)CCN3CCC2(C)C. The summed E-state index contributed by atoms with van der Waals surface area (Å²) in [5.41, 5.74) is 9.97. The number of aryl methyl sites for hydroxylation is 1. The van der Waals surface area contributed by atoms with Crippen LogP contribution in [0, 0.1) is 22.7 Å². The first kappa shape index (κ1) is 35.4. The molecule has 6 heteroatoms. The molecule has 3 heterocycles. The van der Waals surface area contributed by atoms with Gasteiger partial charge in [-0.2, -0.15) is 10.5 Å². The summed E-state index contributed by atoms with van der Waals surface area (Å²) in [6, 6.07) is 35.7. The van der Waals surface area contributed by atoms with E-state index in [9.17, 15) is 10.5 Å². The Morgan fingerprint density at radius 2 is 1.40 bits per heavy atom. The Hall–Kier alpha value is -5.98. The Balaban J connectivity index is 1.15. The number of ether oxygens (including phenoxy) is 2. The highest BCUT2D eigenvalue weighted by Gasteiger charge is 2.42. The van der Waals surface area contributed by atoms with Gasteiger partial charge in [0.05, 0.1) is 7.11 Å². The van der Waals surface area contributed by atoms with Crippen LogP contribution < -0.4 is 14.5 Å². The summed E-state index contributed by atoms with van der Waals surface area (Å²) in [7, 11) is 1.76. The summed E-state index contributed by atoms with van der Waals surface area (Å²) in [5.74, 6) is 2.17. The van der Waals surface area contributed by atoms with E-state index in [-0.39, 0.29) is 16.4 Å². The van der Waals surface area contributed by atoms with Gasteiger partial charge in [0.1, 0.15) is 35.0 Å². The molecule has 0 aromatic heterocycles. The fourth-order valence-electron chi connectivity index (χ4n) is 7.85. The number of anilines is 4. The summed E-state index contributed by atoms with van der Waals surface area (Å²) in [6.07, 6.45) is 11.1. The Labute approximate surface area is 314 Å². The number of nitriles is 2. The molecule has 4 aromatic rings. The van der Waals surface area contributed by atoms with Gasteiger partial charge in [-0.05, 0) is 108 Å². The molecule has 53 heavy (non-hydrogen) atoms. The van der Waals surface area contributed by atoms with Crippen LogP contribution in [-0.2, 0) is 22.0 Å². The normalized spacial score (nSPS) is 16.7. The Kier molecular flexibility index (Phi) is 9.74. The van der Waals surface area contributed by atoms with Crippen LogP contribution in [0.25, 0.3) is 6.08 Å². The van der Waals surface area contributed by atoms with Crippen molar-refractivity contribution in [2.75, 3.05) is 30.0 Å². The highest BCUT2D eigenvalue weighted by Crippen LogP contribution is 2.53. The van der Waals surface area contributed by atoms with Crippen LogP contribution in [0.4, 0.5) is 22.7 Å². The number of hydrogen-bond acceptors (Lipinski definition) is 6. The predicted octanol–water partition coefficient (Wildman–Crippen LogP) is 11.1. The van der Waals surface area contributed by atoms with Crippen molar-refractivity contribution in [3.05, 3.63) is 154 Å². The van der Waals surface area contributed by atoms with Crippen molar-refractivity contribution < 1.29 is 9.47 Å². The molecule has 0 saturated carbocycles. The smallest absolute Gasteiger partial charge is 0.137 e. The predicted molar refractivity (Wildman–Crippen MR) is 214 cm³/mol. The molecular formula is C47H46N4O2. The lowest BCUT2D eigenvalue weighted by Gasteiger charge is -2.48. The second-order valence-corrected chi connectivity index (χ2v) is 15.3. The molecule has 0 atom stereocenters. The molecule has 0 radical (unpaired) electrons. The van der Waals surface area contributed by atoms with Gasteiger partial charge in [-0.3, -0.25) is 0 Å². The highest BCUT2D eigenvalue weighted by atomic mass is 16.5. The summed E-state index contributed by atoms with van der Waals surface area (Å²) >= 11 is 0. The first-order valence-corrected chi connectivity index (χ1v) is 18.4. The number of allylic oxidation sites excluding steroid dienone is 6. The second kappa shape index (κ2) is 14.6. The molecule has 6 nitrogen and oxygen atoms in total. The van der Waals surface area contributed by atoms with Gasteiger partial charge in [0, 0.05) is 59.0 Å². The van der Waals surface area contributed by atoms with E-state index >= 15 is 0 Å². The van der Waals surface area contributed by atoms with E-state index in [0.717, 1.165) is 66.3 Å². The fourth-order valence-corrected chi connectivity index (χ4v) is 7.85. The topological polar surface area (TPSA) is 72.5 Å². The van der Waals surface area contributed by atoms with Crippen molar-refractivity contribution in [3.63, 3.8) is 0 Å². The molecule has 3 aliphatic heterocycles. The van der Waals surface area contributed by atoms with Crippen LogP contribution in [0.2, 0.25) is 0 Å². The van der Waals surface area contributed by atoms with Crippen LogP contribution in [0.5, 0.6) is 5.75 Å². The quantitative estimate of drug-likeness (QED) is 0.162. The molecular weight excluding hydrogens is 653 g/mol. The molecule has 266 valence electrons. The van der Waals surface area contributed by atoms with Crippen molar-refractivity contribution in [3.8, 4) is 17.9 Å². The van der Waals surface area contributed by atoms with Crippen LogP contribution >= 0.6 is 0 Å². The molecule has 0 N–H and O–H groups in total. The van der Waals surface area contributed by atoms with Crippen molar-refractivity contribution in [1.82, 2.24) is 0 Å². The van der Waals surface area contributed by atoms with Crippen molar-refractivity contribution in [2.24, 2.45) is 0 Å². The van der Waals surface area contributed by atoms with Crippen LogP contribution in [0.1, 0.15) is 69.2 Å². The Bertz CT molecular complexity index is 2160. The zero-order valence-electron chi connectivity index (χ0n) is 31.3. The minimum atomic E-state index is -0.0380. The van der Waals surface area contributed by atoms with E-state index in [4.69, 9.17) is 9.47 Å². The molecule has 0 saturated heterocycles. The lowest BCUT2D eigenvalue weighted by atomic mass is 9.68. The van der Waals surface area contributed by atoms with Gasteiger partial charge in [-0.1, -0.05) is 76.2 Å². The largest absolute Gasteiger partial charge is 0.496 e. The van der Waals surface area contributed by atoms with Gasteiger partial charge in [-0.25, -0.2) is 0 Å². The Morgan fingerprint density at radius 3 is 2.00 bits per heavy atom. The molecule has 0 aliphatic carbocycles. The summed E-state index contributed by atoms with van der Waals surface area (Å²) in [5, 5.41) is 19.6. The van der Waals surface area contributed by atoms with Crippen molar-refractivity contribution in [1.29, 1.82) is 10.5 Å². The zero-order valence-corrected chi connectivity index (χ0v) is 31.3. The average Bonchev–Trinajstić information content (AvgIpc) is 3.17. The van der Waals surface area contributed by atoms with Gasteiger partial charge >= 0.3 is 0 Å². The summed E-state index contributed by atoms with van der Waals surface area (Å²) in [4.78, 5) is 4.78. The summed E-state index contributed by atoms with van der Waals surface area (Å²) in [6.45, 7) is 11.4. The van der Waals surface area contributed by atoms with Crippen LogP contribution in [0.15, 0.2) is 132 Å². The third-order valence-corrected chi connectivity index (χ3v) is 10.9. The molecule has 0 bridgehead atoms. The van der Waals surface area contributed by atoms with E-state index in [1.54, 1.807) is 13.2 Å². The fraction of sp³-hybridized carbons (Fsp3) is 0.277. The number of benzene rings is 4. The highest BCUT2D eigenvalue weighted by molar-refractivity contribution is 5.78. The molecule has 0 spiro atoms. The zero-order chi connectivity index (χ0) is 37.2. The lowest BCUT2D eigenvalue weighted by molar-refractivity contribution is 0.300. The number of nitrogens with zero attached hydrogens (tertiary/aromatic N) is 4. The molecule has 0 amide bonds. The molecule has 7 rings (SSSR count). The first-order chi connectivity index (χ1) is 25.6. The number of rotatable bonds is 9. The van der Waals surface area contributed by atoms with Gasteiger partial charge < -0.3 is 19.3 Å². The third kappa shape index (κ3) is 7.11. The summed E-state index contributed by atoms with van der Waals surface area (Å²) < 4.78 is 12.6. The monoisotopic (exact) mass is 698 g/mol. The minimum absolute atomic E-state index is 0.0311. The van der Waals surface area contributed by atoms with E-state index in [1.165, 1.54) is 16.8 Å². The van der Waals surface area contributed by atoms with Gasteiger partial charge in [-0.15, -0.1) is 0 Å². The van der Waals surface area contributed by atoms with Crippen LogP contribution in [-0.4, -0.2) is 20.2 Å². The van der Waals surface area contributed by atoms with E-state index < -0.39 is 0 Å². The number of para-hydroxylation sites is 2. The van der Waals surface area contributed by atoms with Crippen molar-refractivity contribution >= 4 is 28.8 Å². The maximum atomic E-state index is 9.79. The lowest BCUT2D eigenvalue weighted by Crippen LogP contribution is -2.45. The van der Waals surface area contributed by atoms with Gasteiger partial charge in [0.15, 0.2) is 0 Å². The maximum Gasteiger partial charge on any atom is 0.137 e. The number of hydrogen-bond donors (Lipinski definition) is 0. The van der Waals surface area contributed by atoms with E-state index in [2.05, 4.69) is 135 Å². The molecule has 0 unspecified atom stereocenters. The van der Waals surface area contributed by atoms with Crippen molar-refractivity contribution in [2.45, 2.75) is 64.2 Å². The molecule has 3 aliphatic rings. The van der Waals surface area contributed by atoms with Crippen LogP contribution in [0.3, 0.4) is 0 Å². The maximum absolute atomic E-state index is 9.79. The van der Waals surface area contributed by atoms with Gasteiger partial charge in [0.2, 0.25) is 0 Å². The third-order valence-electron chi connectivity index (χ3n) is 10.9. The average molecular weight is 699 g/mol. The molecule has 0 fully saturated rings. The minimum Gasteiger partial charge on any atom is -0.496 e. The standard InChI is InChI=1S/C47H46N4O2/c1-46(2)24-26-50-27-25-47(3,4)43-44(50)42(46)30-34(45(43)52-5)19-23-41-29-35(36(31-48)32-49)28-40(53-41)22-18-33-16-20-39(21-17-33)51(37-12-8-6-9-13-37)38-14-10-7-11-15-38/h6-17,19-21,23,28-30H,18,22,24-27H2,1-5H3/b23-19+. The van der Waals surface area contributed by atoms with Gasteiger partial charge in [0.25, 0.3) is 0 Å². The first-order valence-electron chi connectivity index (χ1n) is 18.4. The molecule has 4 aromatic carbocycles. The van der Waals surface area contributed by atoms with E-state index in [1.807, 2.05) is 24.3 Å². The number of methoxy groups -OCH3 is 1.